The highest BCUT2D eigenvalue weighted by molar-refractivity contribution is 6.30. The SMILES string of the molecule is O=C(Cc1nn(-c2ccc(F)cc2)cc1-c1ccc(Cl)cc1)O[C@@H]1O[C@H](C(=O)O)[C@@H](O)[C@H](O)[C@H]1O. The van der Waals surface area contributed by atoms with Crippen molar-refractivity contribution < 1.29 is 43.9 Å². The van der Waals surface area contributed by atoms with Gasteiger partial charge in [-0.3, -0.25) is 4.79 Å². The molecule has 1 fully saturated rings. The van der Waals surface area contributed by atoms with Gasteiger partial charge in [-0.15, -0.1) is 0 Å². The number of hydrogen-bond acceptors (Lipinski definition) is 8. The van der Waals surface area contributed by atoms with E-state index < -0.39 is 54.9 Å². The largest absolute Gasteiger partial charge is 0.479 e. The fraction of sp³-hybridized carbons (Fsp3) is 0.261. The summed E-state index contributed by atoms with van der Waals surface area (Å²) >= 11 is 5.97. The zero-order valence-electron chi connectivity index (χ0n) is 17.9. The Morgan fingerprint density at radius 3 is 2.31 bits per heavy atom. The van der Waals surface area contributed by atoms with E-state index in [-0.39, 0.29) is 5.69 Å². The van der Waals surface area contributed by atoms with E-state index in [2.05, 4.69) is 5.10 Å². The second-order valence-electron chi connectivity index (χ2n) is 7.82. The first-order chi connectivity index (χ1) is 16.6. The van der Waals surface area contributed by atoms with Gasteiger partial charge >= 0.3 is 11.9 Å². The number of hydrogen-bond donors (Lipinski definition) is 4. The zero-order valence-corrected chi connectivity index (χ0v) is 18.6. The highest BCUT2D eigenvalue weighted by atomic mass is 35.5. The quantitative estimate of drug-likeness (QED) is 0.363. The van der Waals surface area contributed by atoms with Crippen LogP contribution in [0, 0.1) is 5.82 Å². The summed E-state index contributed by atoms with van der Waals surface area (Å²) in [7, 11) is 0. The van der Waals surface area contributed by atoms with Crippen molar-refractivity contribution in [2.75, 3.05) is 0 Å². The molecule has 0 bridgehead atoms. The van der Waals surface area contributed by atoms with Gasteiger partial charge in [-0.1, -0.05) is 23.7 Å². The molecule has 0 saturated carbocycles. The predicted molar refractivity (Wildman–Crippen MR) is 118 cm³/mol. The molecular weight excluding hydrogens is 487 g/mol. The molecule has 184 valence electrons. The number of aliphatic hydroxyl groups excluding tert-OH is 3. The minimum Gasteiger partial charge on any atom is -0.479 e. The first-order valence-electron chi connectivity index (χ1n) is 10.4. The topological polar surface area (TPSA) is 151 Å². The molecule has 1 aliphatic rings. The van der Waals surface area contributed by atoms with Gasteiger partial charge in [0.05, 0.1) is 17.8 Å². The van der Waals surface area contributed by atoms with Crippen molar-refractivity contribution >= 4 is 23.5 Å². The number of nitrogens with zero attached hydrogens (tertiary/aromatic N) is 2. The number of aliphatic hydroxyl groups is 3. The lowest BCUT2D eigenvalue weighted by atomic mass is 9.99. The van der Waals surface area contributed by atoms with E-state index >= 15 is 0 Å². The van der Waals surface area contributed by atoms with Crippen LogP contribution in [0.15, 0.2) is 54.7 Å². The molecule has 0 aliphatic carbocycles. The third kappa shape index (κ3) is 5.34. The predicted octanol–water partition coefficient (Wildman–Crippen LogP) is 1.31. The van der Waals surface area contributed by atoms with Crippen molar-refractivity contribution in [1.29, 1.82) is 0 Å². The number of carbonyl (C=O) groups is 2. The summed E-state index contributed by atoms with van der Waals surface area (Å²) in [4.78, 5) is 24.0. The van der Waals surface area contributed by atoms with Crippen LogP contribution < -0.4 is 0 Å². The number of halogens is 2. The second-order valence-corrected chi connectivity index (χ2v) is 8.26. The summed E-state index contributed by atoms with van der Waals surface area (Å²) in [5.41, 5.74) is 1.98. The van der Waals surface area contributed by atoms with Gasteiger partial charge in [0.1, 0.15) is 24.1 Å². The first-order valence-corrected chi connectivity index (χ1v) is 10.7. The number of aromatic nitrogens is 2. The first kappa shape index (κ1) is 24.8. The van der Waals surface area contributed by atoms with E-state index in [9.17, 15) is 29.3 Å². The fourth-order valence-electron chi connectivity index (χ4n) is 3.59. The van der Waals surface area contributed by atoms with Gasteiger partial charge in [-0.2, -0.15) is 5.10 Å². The van der Waals surface area contributed by atoms with Crippen molar-refractivity contribution in [2.24, 2.45) is 0 Å². The van der Waals surface area contributed by atoms with Crippen molar-refractivity contribution in [3.05, 3.63) is 71.3 Å². The van der Waals surface area contributed by atoms with Gasteiger partial charge in [0.2, 0.25) is 6.29 Å². The molecule has 35 heavy (non-hydrogen) atoms. The summed E-state index contributed by atoms with van der Waals surface area (Å²) in [6.45, 7) is 0. The van der Waals surface area contributed by atoms with Crippen LogP contribution in [0.1, 0.15) is 5.69 Å². The van der Waals surface area contributed by atoms with Crippen LogP contribution in [0.5, 0.6) is 0 Å². The molecule has 2 heterocycles. The number of ether oxygens (including phenoxy) is 2. The summed E-state index contributed by atoms with van der Waals surface area (Å²) < 4.78 is 24.9. The number of carboxylic acid groups (broad SMARTS) is 1. The molecule has 0 spiro atoms. The monoisotopic (exact) mass is 506 g/mol. The van der Waals surface area contributed by atoms with Gasteiger partial charge in [0, 0.05) is 16.8 Å². The molecule has 1 aromatic heterocycles. The Labute approximate surface area is 202 Å². The highest BCUT2D eigenvalue weighted by Gasteiger charge is 2.48. The smallest absolute Gasteiger partial charge is 0.335 e. The Morgan fingerprint density at radius 2 is 1.69 bits per heavy atom. The maximum Gasteiger partial charge on any atom is 0.335 e. The lowest BCUT2D eigenvalue weighted by Gasteiger charge is -2.37. The van der Waals surface area contributed by atoms with Gasteiger partial charge in [0.15, 0.2) is 6.10 Å². The molecule has 5 atom stereocenters. The van der Waals surface area contributed by atoms with E-state index in [1.165, 1.54) is 28.9 Å². The summed E-state index contributed by atoms with van der Waals surface area (Å²) in [6.07, 6.45) is -8.24. The molecule has 10 nitrogen and oxygen atoms in total. The van der Waals surface area contributed by atoms with Crippen LogP contribution in [0.2, 0.25) is 5.02 Å². The molecule has 1 aliphatic heterocycles. The molecule has 3 aromatic rings. The van der Waals surface area contributed by atoms with Crippen LogP contribution in [-0.4, -0.2) is 72.9 Å². The average molecular weight is 507 g/mol. The minimum absolute atomic E-state index is 0.252. The van der Waals surface area contributed by atoms with E-state index in [0.29, 0.717) is 21.8 Å². The summed E-state index contributed by atoms with van der Waals surface area (Å²) in [5.74, 6) is -2.98. The van der Waals surface area contributed by atoms with E-state index in [4.69, 9.17) is 26.2 Å². The Balaban J connectivity index is 1.59. The number of rotatable bonds is 6. The molecule has 1 saturated heterocycles. The number of carbonyl (C=O) groups excluding carboxylic acids is 1. The molecule has 2 aromatic carbocycles. The van der Waals surface area contributed by atoms with Crippen LogP contribution in [0.25, 0.3) is 16.8 Å². The fourth-order valence-corrected chi connectivity index (χ4v) is 3.72. The van der Waals surface area contributed by atoms with Gasteiger partial charge < -0.3 is 29.9 Å². The Hall–Kier alpha value is -3.35. The molecule has 12 heteroatoms. The van der Waals surface area contributed by atoms with Crippen molar-refractivity contribution in [3.8, 4) is 16.8 Å². The van der Waals surface area contributed by atoms with E-state index in [1.54, 1.807) is 30.5 Å². The molecule has 0 radical (unpaired) electrons. The Kier molecular flexibility index (Phi) is 7.15. The third-order valence-corrected chi connectivity index (χ3v) is 5.66. The van der Waals surface area contributed by atoms with Crippen LogP contribution in [0.3, 0.4) is 0 Å². The number of esters is 1. The average Bonchev–Trinajstić information content (AvgIpc) is 3.23. The molecular formula is C23H20ClFN2O8. The van der Waals surface area contributed by atoms with Crippen LogP contribution in [-0.2, 0) is 25.5 Å². The van der Waals surface area contributed by atoms with Gasteiger partial charge in [-0.25, -0.2) is 13.9 Å². The second kappa shape index (κ2) is 10.1. The lowest BCUT2D eigenvalue weighted by molar-refractivity contribution is -0.286. The molecule has 4 N–H and O–H groups in total. The van der Waals surface area contributed by atoms with Crippen LogP contribution in [0.4, 0.5) is 4.39 Å². The van der Waals surface area contributed by atoms with E-state index in [1.807, 2.05) is 0 Å². The zero-order chi connectivity index (χ0) is 25.3. The normalized spacial score (nSPS) is 24.2. The van der Waals surface area contributed by atoms with E-state index in [0.717, 1.165) is 0 Å². The molecule has 0 unspecified atom stereocenters. The standard InChI is InChI=1S/C23H20ClFN2O8/c24-12-3-1-11(2-4-12)15-10-27(14-7-5-13(25)6-8-14)26-16(15)9-17(28)34-23-20(31)18(29)19(30)21(35-23)22(32)33/h1-8,10,18-21,23,29-31H,9H2,(H,32,33)/t18-,19-,20+,21-,23+/m0/s1. The maximum atomic E-state index is 13.3. The lowest BCUT2D eigenvalue weighted by Crippen LogP contribution is -2.60. The molecule has 4 rings (SSSR count). The van der Waals surface area contributed by atoms with Gasteiger partial charge in [-0.05, 0) is 42.0 Å². The van der Waals surface area contributed by atoms with Crippen LogP contribution >= 0.6 is 11.6 Å². The highest BCUT2D eigenvalue weighted by Crippen LogP contribution is 2.28. The minimum atomic E-state index is -1.92. The third-order valence-electron chi connectivity index (χ3n) is 5.41. The molecule has 0 amide bonds. The Morgan fingerprint density at radius 1 is 1.03 bits per heavy atom. The Bertz CT molecular complexity index is 1220. The number of aliphatic carboxylic acids is 1. The van der Waals surface area contributed by atoms with Crippen molar-refractivity contribution in [2.45, 2.75) is 37.1 Å². The summed E-state index contributed by atoms with van der Waals surface area (Å²) in [6, 6.07) is 12.2. The maximum absolute atomic E-state index is 13.3. The number of benzene rings is 2. The number of carboxylic acids is 1. The van der Waals surface area contributed by atoms with Gasteiger partial charge in [0.25, 0.3) is 0 Å². The van der Waals surface area contributed by atoms with Crippen molar-refractivity contribution in [1.82, 2.24) is 9.78 Å². The summed E-state index contributed by atoms with van der Waals surface area (Å²) in [5, 5.41) is 43.8. The van der Waals surface area contributed by atoms with Crippen molar-refractivity contribution in [3.63, 3.8) is 0 Å².